The van der Waals surface area contributed by atoms with Gasteiger partial charge in [-0.3, -0.25) is 0 Å². The van der Waals surface area contributed by atoms with Crippen LogP contribution < -0.4 is 5.32 Å². The minimum absolute atomic E-state index is 0.0809. The molecule has 1 aliphatic rings. The second-order valence-electron chi connectivity index (χ2n) is 4.96. The standard InChI is InChI=1S/C13H25NO4S/c1-2-3-4-5-7-18-10-13(15)9-14-12-6-8-19(16,17)11-12/h6,8,12-15H,2-5,7,9-11H2,1H3. The van der Waals surface area contributed by atoms with Gasteiger partial charge in [-0.2, -0.15) is 0 Å². The summed E-state index contributed by atoms with van der Waals surface area (Å²) in [7, 11) is -3.03. The number of rotatable bonds is 10. The predicted molar refractivity (Wildman–Crippen MR) is 75.7 cm³/mol. The molecular formula is C13H25NO4S. The summed E-state index contributed by atoms with van der Waals surface area (Å²) in [5.74, 6) is 0.0809. The van der Waals surface area contributed by atoms with Crippen molar-refractivity contribution in [1.29, 1.82) is 0 Å². The molecule has 0 aromatic carbocycles. The number of aliphatic hydroxyl groups excluding tert-OH is 1. The number of hydrogen-bond acceptors (Lipinski definition) is 5. The Kier molecular flexibility index (Phi) is 7.60. The monoisotopic (exact) mass is 291 g/mol. The van der Waals surface area contributed by atoms with Crippen LogP contribution in [0.15, 0.2) is 11.5 Å². The first kappa shape index (κ1) is 16.6. The van der Waals surface area contributed by atoms with Gasteiger partial charge in [-0.1, -0.05) is 32.3 Å². The minimum Gasteiger partial charge on any atom is -0.389 e. The molecule has 6 heteroatoms. The Labute approximate surface area is 116 Å². The van der Waals surface area contributed by atoms with Crippen molar-refractivity contribution in [2.45, 2.75) is 44.8 Å². The molecule has 0 bridgehead atoms. The number of hydrogen-bond donors (Lipinski definition) is 2. The van der Waals surface area contributed by atoms with Crippen LogP contribution in [0.3, 0.4) is 0 Å². The van der Waals surface area contributed by atoms with Gasteiger partial charge in [-0.05, 0) is 6.42 Å². The third-order valence-corrected chi connectivity index (χ3v) is 4.39. The fraction of sp³-hybridized carbons (Fsp3) is 0.846. The molecule has 5 nitrogen and oxygen atoms in total. The highest BCUT2D eigenvalue weighted by molar-refractivity contribution is 7.94. The van der Waals surface area contributed by atoms with Crippen molar-refractivity contribution in [2.24, 2.45) is 0 Å². The van der Waals surface area contributed by atoms with E-state index in [1.807, 2.05) is 0 Å². The summed E-state index contributed by atoms with van der Waals surface area (Å²) < 4.78 is 27.7. The summed E-state index contributed by atoms with van der Waals surface area (Å²) >= 11 is 0. The first-order chi connectivity index (χ1) is 9.03. The molecule has 1 heterocycles. The van der Waals surface area contributed by atoms with E-state index < -0.39 is 15.9 Å². The van der Waals surface area contributed by atoms with Crippen molar-refractivity contribution in [3.63, 3.8) is 0 Å². The Morgan fingerprint density at radius 1 is 1.42 bits per heavy atom. The van der Waals surface area contributed by atoms with E-state index in [9.17, 15) is 13.5 Å². The molecule has 0 amide bonds. The Morgan fingerprint density at radius 2 is 2.21 bits per heavy atom. The average molecular weight is 291 g/mol. The zero-order chi connectivity index (χ0) is 14.1. The molecule has 0 spiro atoms. The van der Waals surface area contributed by atoms with Crippen LogP contribution in [0.1, 0.15) is 32.6 Å². The molecule has 0 fully saturated rings. The van der Waals surface area contributed by atoms with Crippen molar-refractivity contribution >= 4 is 9.84 Å². The molecule has 1 aliphatic heterocycles. The van der Waals surface area contributed by atoms with Crippen LogP contribution in [0, 0.1) is 0 Å². The Hall–Kier alpha value is -0.430. The molecule has 19 heavy (non-hydrogen) atoms. The SMILES string of the molecule is CCCCCCOCC(O)CNC1C=CS(=O)(=O)C1. The molecule has 0 aromatic rings. The zero-order valence-corrected chi connectivity index (χ0v) is 12.4. The quantitative estimate of drug-likeness (QED) is 0.584. The van der Waals surface area contributed by atoms with Gasteiger partial charge in [-0.25, -0.2) is 8.42 Å². The van der Waals surface area contributed by atoms with Crippen LogP contribution in [0.4, 0.5) is 0 Å². The largest absolute Gasteiger partial charge is 0.389 e. The van der Waals surface area contributed by atoms with E-state index in [-0.39, 0.29) is 11.8 Å². The predicted octanol–water partition coefficient (Wildman–Crippen LogP) is 0.845. The van der Waals surface area contributed by atoms with Gasteiger partial charge in [0.25, 0.3) is 0 Å². The van der Waals surface area contributed by atoms with Gasteiger partial charge < -0.3 is 15.2 Å². The Balaban J connectivity index is 2.00. The van der Waals surface area contributed by atoms with E-state index in [0.29, 0.717) is 19.8 Å². The van der Waals surface area contributed by atoms with Gasteiger partial charge in [0.1, 0.15) is 0 Å². The van der Waals surface area contributed by atoms with E-state index in [4.69, 9.17) is 4.74 Å². The lowest BCUT2D eigenvalue weighted by Gasteiger charge is -2.15. The molecule has 0 saturated heterocycles. The molecule has 0 aliphatic carbocycles. The van der Waals surface area contributed by atoms with Gasteiger partial charge in [-0.15, -0.1) is 0 Å². The summed E-state index contributed by atoms with van der Waals surface area (Å²) in [6.07, 6.45) is 5.63. The summed E-state index contributed by atoms with van der Waals surface area (Å²) in [5, 5.41) is 13.9. The van der Waals surface area contributed by atoms with Crippen molar-refractivity contribution in [3.8, 4) is 0 Å². The molecule has 2 N–H and O–H groups in total. The summed E-state index contributed by atoms with van der Waals surface area (Å²) in [5.41, 5.74) is 0. The minimum atomic E-state index is -3.03. The topological polar surface area (TPSA) is 75.6 Å². The third kappa shape index (κ3) is 7.67. The van der Waals surface area contributed by atoms with E-state index in [2.05, 4.69) is 12.2 Å². The lowest BCUT2D eigenvalue weighted by Crippen LogP contribution is -2.38. The van der Waals surface area contributed by atoms with Crippen LogP contribution in [0.2, 0.25) is 0 Å². The lowest BCUT2D eigenvalue weighted by atomic mass is 10.2. The van der Waals surface area contributed by atoms with Crippen molar-refractivity contribution < 1.29 is 18.3 Å². The summed E-state index contributed by atoms with van der Waals surface area (Å²) in [6, 6.07) is -0.191. The molecule has 2 atom stereocenters. The van der Waals surface area contributed by atoms with E-state index in [1.54, 1.807) is 6.08 Å². The van der Waals surface area contributed by atoms with Gasteiger partial charge >= 0.3 is 0 Å². The number of aliphatic hydroxyl groups is 1. The third-order valence-electron chi connectivity index (χ3n) is 3.00. The zero-order valence-electron chi connectivity index (χ0n) is 11.5. The van der Waals surface area contributed by atoms with Crippen molar-refractivity contribution in [1.82, 2.24) is 5.32 Å². The maximum atomic E-state index is 11.2. The normalized spacial score (nSPS) is 22.7. The molecule has 0 radical (unpaired) electrons. The summed E-state index contributed by atoms with van der Waals surface area (Å²) in [6.45, 7) is 3.48. The number of ether oxygens (including phenoxy) is 1. The Bertz CT molecular complexity index is 367. The van der Waals surface area contributed by atoms with Crippen LogP contribution in [0.25, 0.3) is 0 Å². The highest BCUT2D eigenvalue weighted by atomic mass is 32.2. The highest BCUT2D eigenvalue weighted by Crippen LogP contribution is 2.07. The van der Waals surface area contributed by atoms with Gasteiger partial charge in [0, 0.05) is 24.6 Å². The maximum absolute atomic E-state index is 11.2. The second kappa shape index (κ2) is 8.68. The number of nitrogens with one attached hydrogen (secondary N) is 1. The van der Waals surface area contributed by atoms with Gasteiger partial charge in [0.2, 0.25) is 0 Å². The molecule has 0 saturated carbocycles. The van der Waals surface area contributed by atoms with Crippen molar-refractivity contribution in [2.75, 3.05) is 25.5 Å². The van der Waals surface area contributed by atoms with E-state index in [1.165, 1.54) is 18.2 Å². The van der Waals surface area contributed by atoms with Crippen LogP contribution in [0.5, 0.6) is 0 Å². The average Bonchev–Trinajstić information content (AvgIpc) is 2.71. The van der Waals surface area contributed by atoms with Gasteiger partial charge in [0.05, 0.1) is 18.5 Å². The van der Waals surface area contributed by atoms with Crippen LogP contribution in [-0.4, -0.2) is 51.2 Å². The van der Waals surface area contributed by atoms with Gasteiger partial charge in [0.15, 0.2) is 9.84 Å². The maximum Gasteiger partial charge on any atom is 0.173 e. The smallest absolute Gasteiger partial charge is 0.173 e. The molecule has 112 valence electrons. The first-order valence-electron chi connectivity index (χ1n) is 6.93. The number of unbranched alkanes of at least 4 members (excludes halogenated alkanes) is 3. The summed E-state index contributed by atoms with van der Waals surface area (Å²) in [4.78, 5) is 0. The second-order valence-corrected chi connectivity index (χ2v) is 6.89. The Morgan fingerprint density at radius 3 is 2.84 bits per heavy atom. The lowest BCUT2D eigenvalue weighted by molar-refractivity contribution is 0.0350. The van der Waals surface area contributed by atoms with Crippen molar-refractivity contribution in [3.05, 3.63) is 11.5 Å². The fourth-order valence-electron chi connectivity index (χ4n) is 1.90. The van der Waals surface area contributed by atoms with E-state index >= 15 is 0 Å². The molecule has 2 unspecified atom stereocenters. The fourth-order valence-corrected chi connectivity index (χ4v) is 3.17. The molecule has 1 rings (SSSR count). The van der Waals surface area contributed by atoms with E-state index in [0.717, 1.165) is 12.8 Å². The highest BCUT2D eigenvalue weighted by Gasteiger charge is 2.21. The first-order valence-corrected chi connectivity index (χ1v) is 8.65. The van der Waals surface area contributed by atoms with Crippen LogP contribution in [-0.2, 0) is 14.6 Å². The van der Waals surface area contributed by atoms with Crippen LogP contribution >= 0.6 is 0 Å². The molecular weight excluding hydrogens is 266 g/mol. The number of sulfone groups is 1. The molecule has 0 aromatic heterocycles.